The number of aryl methyl sites for hydroxylation is 1. The Morgan fingerprint density at radius 2 is 2.46 bits per heavy atom. The van der Waals surface area contributed by atoms with Gasteiger partial charge in [-0.3, -0.25) is 4.68 Å². The third-order valence-electron chi connectivity index (χ3n) is 1.79. The minimum absolute atomic E-state index is 0.362. The van der Waals surface area contributed by atoms with Crippen LogP contribution in [0.5, 0.6) is 0 Å². The van der Waals surface area contributed by atoms with Crippen LogP contribution in [0.4, 0.5) is 0 Å². The van der Waals surface area contributed by atoms with Crippen molar-refractivity contribution in [2.45, 2.75) is 26.5 Å². The quantitative estimate of drug-likeness (QED) is 0.684. The summed E-state index contributed by atoms with van der Waals surface area (Å²) in [5.41, 5.74) is 1.12. The van der Waals surface area contributed by atoms with Crippen molar-refractivity contribution < 1.29 is 5.11 Å². The zero-order chi connectivity index (χ0) is 9.68. The molecule has 0 amide bonds. The number of rotatable bonds is 5. The molecule has 1 aromatic rings. The molecule has 1 aromatic heterocycles. The van der Waals surface area contributed by atoms with Crippen molar-refractivity contribution in [1.29, 1.82) is 0 Å². The molecule has 0 spiro atoms. The van der Waals surface area contributed by atoms with Gasteiger partial charge < -0.3 is 10.4 Å². The van der Waals surface area contributed by atoms with Crippen molar-refractivity contribution in [3.05, 3.63) is 18.0 Å². The minimum Gasteiger partial charge on any atom is -0.390 e. The summed E-state index contributed by atoms with van der Waals surface area (Å²) in [6.07, 6.45) is 3.36. The van der Waals surface area contributed by atoms with Crippen LogP contribution in [0.1, 0.15) is 12.5 Å². The molecule has 13 heavy (non-hydrogen) atoms. The van der Waals surface area contributed by atoms with E-state index >= 15 is 0 Å². The number of nitrogens with zero attached hydrogens (tertiary/aromatic N) is 2. The Bertz CT molecular complexity index is 247. The number of likely N-dealkylation sites (N-methyl/N-ethyl adjacent to an activating group) is 1. The van der Waals surface area contributed by atoms with Gasteiger partial charge in [-0.2, -0.15) is 5.10 Å². The highest BCUT2D eigenvalue weighted by molar-refractivity contribution is 4.99. The van der Waals surface area contributed by atoms with Crippen LogP contribution in [0, 0.1) is 6.92 Å². The molecule has 0 aliphatic heterocycles. The number of aromatic nitrogens is 2. The van der Waals surface area contributed by atoms with E-state index in [1.807, 2.05) is 20.0 Å². The van der Waals surface area contributed by atoms with Crippen LogP contribution in [0.15, 0.2) is 12.4 Å². The highest BCUT2D eigenvalue weighted by atomic mass is 16.3. The van der Waals surface area contributed by atoms with E-state index in [0.29, 0.717) is 13.1 Å². The largest absolute Gasteiger partial charge is 0.390 e. The topological polar surface area (TPSA) is 50.1 Å². The van der Waals surface area contributed by atoms with E-state index in [1.54, 1.807) is 10.9 Å². The van der Waals surface area contributed by atoms with Gasteiger partial charge in [-0.05, 0) is 19.0 Å². The van der Waals surface area contributed by atoms with Crippen molar-refractivity contribution in [2.75, 3.05) is 13.1 Å². The van der Waals surface area contributed by atoms with Gasteiger partial charge in [-0.1, -0.05) is 6.92 Å². The van der Waals surface area contributed by atoms with E-state index in [2.05, 4.69) is 10.4 Å². The Hall–Kier alpha value is -0.870. The van der Waals surface area contributed by atoms with Crippen molar-refractivity contribution in [3.63, 3.8) is 0 Å². The minimum atomic E-state index is -0.362. The maximum atomic E-state index is 9.52. The van der Waals surface area contributed by atoms with Gasteiger partial charge >= 0.3 is 0 Å². The fourth-order valence-corrected chi connectivity index (χ4v) is 1.16. The Kier molecular flexibility index (Phi) is 3.92. The molecule has 0 aliphatic carbocycles. The second-order valence-corrected chi connectivity index (χ2v) is 3.20. The number of hydrogen-bond acceptors (Lipinski definition) is 3. The molecule has 0 fully saturated rings. The lowest BCUT2D eigenvalue weighted by Crippen LogP contribution is -2.30. The summed E-state index contributed by atoms with van der Waals surface area (Å²) in [7, 11) is 0. The third-order valence-corrected chi connectivity index (χ3v) is 1.79. The van der Waals surface area contributed by atoms with Crippen LogP contribution >= 0.6 is 0 Å². The van der Waals surface area contributed by atoms with Gasteiger partial charge in [0.1, 0.15) is 0 Å². The lowest BCUT2D eigenvalue weighted by molar-refractivity contribution is 0.147. The molecule has 0 radical (unpaired) electrons. The molecule has 1 rings (SSSR count). The fraction of sp³-hybridized carbons (Fsp3) is 0.667. The lowest BCUT2D eigenvalue weighted by Gasteiger charge is -2.10. The summed E-state index contributed by atoms with van der Waals surface area (Å²) >= 11 is 0. The van der Waals surface area contributed by atoms with E-state index in [1.165, 1.54) is 0 Å². The molecule has 1 heterocycles. The Balaban J connectivity index is 2.31. The van der Waals surface area contributed by atoms with Gasteiger partial charge in [-0.25, -0.2) is 0 Å². The zero-order valence-electron chi connectivity index (χ0n) is 8.20. The van der Waals surface area contributed by atoms with Crippen molar-refractivity contribution in [3.8, 4) is 0 Å². The maximum absolute atomic E-state index is 9.52. The van der Waals surface area contributed by atoms with Gasteiger partial charge in [0.25, 0.3) is 0 Å². The molecule has 0 saturated heterocycles. The Labute approximate surface area is 78.6 Å². The average Bonchev–Trinajstić information content (AvgIpc) is 2.48. The second kappa shape index (κ2) is 4.99. The molecular formula is C9H17N3O. The van der Waals surface area contributed by atoms with E-state index in [-0.39, 0.29) is 6.10 Å². The maximum Gasteiger partial charge on any atom is 0.0860 e. The monoisotopic (exact) mass is 183 g/mol. The van der Waals surface area contributed by atoms with E-state index in [0.717, 1.165) is 12.1 Å². The summed E-state index contributed by atoms with van der Waals surface area (Å²) in [6, 6.07) is 0. The molecule has 1 atom stereocenters. The fourth-order valence-electron chi connectivity index (χ4n) is 1.16. The van der Waals surface area contributed by atoms with E-state index < -0.39 is 0 Å². The molecular weight excluding hydrogens is 166 g/mol. The molecule has 1 unspecified atom stereocenters. The number of hydrogen-bond donors (Lipinski definition) is 2. The molecule has 0 aliphatic rings. The molecule has 2 N–H and O–H groups in total. The predicted molar refractivity (Wildman–Crippen MR) is 51.5 cm³/mol. The molecule has 4 heteroatoms. The molecule has 4 nitrogen and oxygen atoms in total. The molecule has 74 valence electrons. The highest BCUT2D eigenvalue weighted by Gasteiger charge is 2.04. The zero-order valence-corrected chi connectivity index (χ0v) is 8.20. The number of nitrogens with one attached hydrogen (secondary N) is 1. The Morgan fingerprint density at radius 1 is 1.69 bits per heavy atom. The van der Waals surface area contributed by atoms with E-state index in [9.17, 15) is 5.11 Å². The number of aliphatic hydroxyl groups excluding tert-OH is 1. The van der Waals surface area contributed by atoms with Gasteiger partial charge in [0.05, 0.1) is 18.8 Å². The van der Waals surface area contributed by atoms with Gasteiger partial charge in [0.2, 0.25) is 0 Å². The van der Waals surface area contributed by atoms with Crippen LogP contribution in [-0.2, 0) is 6.54 Å². The first-order valence-corrected chi connectivity index (χ1v) is 4.60. The highest BCUT2D eigenvalue weighted by Crippen LogP contribution is 1.95. The van der Waals surface area contributed by atoms with Crippen molar-refractivity contribution >= 4 is 0 Å². The van der Waals surface area contributed by atoms with Gasteiger partial charge in [0, 0.05) is 12.7 Å². The first-order valence-electron chi connectivity index (χ1n) is 4.60. The SMILES string of the molecule is CCNCC(O)Cn1cc(C)cn1. The summed E-state index contributed by atoms with van der Waals surface area (Å²) in [4.78, 5) is 0. The smallest absolute Gasteiger partial charge is 0.0860 e. The summed E-state index contributed by atoms with van der Waals surface area (Å²) in [6.45, 7) is 6.07. The van der Waals surface area contributed by atoms with Crippen molar-refractivity contribution in [1.82, 2.24) is 15.1 Å². The summed E-state index contributed by atoms with van der Waals surface area (Å²) in [5.74, 6) is 0. The lowest BCUT2D eigenvalue weighted by atomic mass is 10.3. The second-order valence-electron chi connectivity index (χ2n) is 3.20. The average molecular weight is 183 g/mol. The van der Waals surface area contributed by atoms with Crippen LogP contribution in [0.3, 0.4) is 0 Å². The molecule has 0 aromatic carbocycles. The number of aliphatic hydroxyl groups is 1. The van der Waals surface area contributed by atoms with Crippen LogP contribution in [-0.4, -0.2) is 34.1 Å². The predicted octanol–water partition coefficient (Wildman–Crippen LogP) is 0.162. The summed E-state index contributed by atoms with van der Waals surface area (Å²) < 4.78 is 1.76. The Morgan fingerprint density at radius 3 is 3.00 bits per heavy atom. The first-order chi connectivity index (χ1) is 6.22. The third kappa shape index (κ3) is 3.57. The van der Waals surface area contributed by atoms with Crippen LogP contribution in [0.25, 0.3) is 0 Å². The molecule has 0 bridgehead atoms. The van der Waals surface area contributed by atoms with Crippen LogP contribution in [0.2, 0.25) is 0 Å². The van der Waals surface area contributed by atoms with E-state index in [4.69, 9.17) is 0 Å². The normalized spacial score (nSPS) is 13.2. The van der Waals surface area contributed by atoms with Crippen LogP contribution < -0.4 is 5.32 Å². The van der Waals surface area contributed by atoms with Crippen molar-refractivity contribution in [2.24, 2.45) is 0 Å². The standard InChI is InChI=1S/C9H17N3O/c1-3-10-5-9(13)7-12-6-8(2)4-11-12/h4,6,9-10,13H,3,5,7H2,1-2H3. The summed E-state index contributed by atoms with van der Waals surface area (Å²) in [5, 5.41) is 16.7. The van der Waals surface area contributed by atoms with Gasteiger partial charge in [-0.15, -0.1) is 0 Å². The molecule has 0 saturated carbocycles. The van der Waals surface area contributed by atoms with Gasteiger partial charge in [0.15, 0.2) is 0 Å². The first kappa shape index (κ1) is 10.2.